The summed E-state index contributed by atoms with van der Waals surface area (Å²) in [5.74, 6) is -0.177. The molecule has 0 aliphatic rings. The fraction of sp³-hybridized carbons (Fsp3) is 0.417. The van der Waals surface area contributed by atoms with Gasteiger partial charge in [-0.05, 0) is 26.3 Å². The number of carbonyl (C=O) groups is 1. The highest BCUT2D eigenvalue weighted by molar-refractivity contribution is 7.00. The van der Waals surface area contributed by atoms with Crippen LogP contribution in [0.2, 0.25) is 0 Å². The Morgan fingerprint density at radius 2 is 1.69 bits per heavy atom. The zero-order valence-electron chi connectivity index (χ0n) is 9.90. The summed E-state index contributed by atoms with van der Waals surface area (Å²) in [4.78, 5) is 11.4. The smallest absolute Gasteiger partial charge is 0.310 e. The van der Waals surface area contributed by atoms with Crippen LogP contribution in [0, 0.1) is 0 Å². The van der Waals surface area contributed by atoms with E-state index in [9.17, 15) is 4.79 Å². The first-order chi connectivity index (χ1) is 7.47. The van der Waals surface area contributed by atoms with Crippen LogP contribution in [-0.2, 0) is 20.5 Å². The standard InChI is InChI=1S/C12H16O2.H2OP/c1-12(2,3)14-11(13)9-10-7-5-4-6-8-10;1-2/h4-8H,9H2,1-3H3;2H2/q;+1. The van der Waals surface area contributed by atoms with E-state index in [2.05, 4.69) is 0 Å². The lowest BCUT2D eigenvalue weighted by Gasteiger charge is -2.19. The molecule has 0 fully saturated rings. The minimum Gasteiger partial charge on any atom is -0.460 e. The molecule has 1 aromatic rings. The molecule has 88 valence electrons. The predicted molar refractivity (Wildman–Crippen MR) is 66.4 cm³/mol. The Balaban J connectivity index is 0.00000106. The van der Waals surface area contributed by atoms with Crippen molar-refractivity contribution in [3.05, 3.63) is 35.9 Å². The first-order valence-corrected chi connectivity index (χ1v) is 5.44. The molecule has 1 atom stereocenters. The molecule has 0 spiro atoms. The van der Waals surface area contributed by atoms with Crippen molar-refractivity contribution in [3.8, 4) is 0 Å². The van der Waals surface area contributed by atoms with E-state index in [-0.39, 0.29) is 5.97 Å². The van der Waals surface area contributed by atoms with Gasteiger partial charge in [0.1, 0.15) is 5.60 Å². The van der Waals surface area contributed by atoms with Gasteiger partial charge in [-0.1, -0.05) is 34.9 Å². The van der Waals surface area contributed by atoms with Crippen LogP contribution in [-0.4, -0.2) is 11.6 Å². The Morgan fingerprint density at radius 1 is 1.19 bits per heavy atom. The quantitative estimate of drug-likeness (QED) is 0.590. The third kappa shape index (κ3) is 7.13. The largest absolute Gasteiger partial charge is 0.460 e. The summed E-state index contributed by atoms with van der Waals surface area (Å²) in [5.41, 5.74) is 0.591. The average Bonchev–Trinajstić information content (AvgIpc) is 2.19. The molecule has 16 heavy (non-hydrogen) atoms. The molecule has 1 rings (SSSR count). The van der Waals surface area contributed by atoms with Crippen molar-refractivity contribution in [1.82, 2.24) is 0 Å². The topological polar surface area (TPSA) is 43.4 Å². The zero-order chi connectivity index (χ0) is 12.6. The number of esters is 1. The summed E-state index contributed by atoms with van der Waals surface area (Å²) in [6, 6.07) is 9.60. The van der Waals surface area contributed by atoms with Gasteiger partial charge in [0.2, 0.25) is 0 Å². The maximum Gasteiger partial charge on any atom is 0.310 e. The van der Waals surface area contributed by atoms with Gasteiger partial charge in [0, 0.05) is 0 Å². The van der Waals surface area contributed by atoms with E-state index in [1.165, 1.54) is 9.12 Å². The normalized spacial score (nSPS) is 9.94. The number of hydrogen-bond acceptors (Lipinski definition) is 3. The second-order valence-corrected chi connectivity index (χ2v) is 4.25. The van der Waals surface area contributed by atoms with Gasteiger partial charge in [0.15, 0.2) is 0 Å². The van der Waals surface area contributed by atoms with Gasteiger partial charge in [-0.3, -0.25) is 4.79 Å². The summed E-state index contributed by atoms with van der Waals surface area (Å²) in [6.07, 6.45) is 0.345. The summed E-state index contributed by atoms with van der Waals surface area (Å²) < 4.78 is 13.4. The lowest BCUT2D eigenvalue weighted by molar-refractivity contribution is -0.153. The second kappa shape index (κ2) is 7.13. The van der Waals surface area contributed by atoms with Gasteiger partial charge in [-0.15, -0.1) is 0 Å². The van der Waals surface area contributed by atoms with E-state index >= 15 is 0 Å². The van der Waals surface area contributed by atoms with Gasteiger partial charge in [0.25, 0.3) is 0 Å². The van der Waals surface area contributed by atoms with Crippen LogP contribution in [0.3, 0.4) is 0 Å². The highest BCUT2D eigenvalue weighted by atomic mass is 31.0. The van der Waals surface area contributed by atoms with Gasteiger partial charge in [-0.25, -0.2) is 0 Å². The maximum absolute atomic E-state index is 11.4. The molecule has 0 bridgehead atoms. The Bertz CT molecular complexity index is 317. The molecule has 0 amide bonds. The van der Waals surface area contributed by atoms with E-state index < -0.39 is 5.60 Å². The SMILES string of the molecule is CC(C)(C)OC(=O)Cc1ccccc1.O=[PH2+]. The van der Waals surface area contributed by atoms with Crippen LogP contribution >= 0.6 is 9.12 Å². The van der Waals surface area contributed by atoms with Crippen molar-refractivity contribution < 1.29 is 14.1 Å². The molecule has 0 aromatic heterocycles. The van der Waals surface area contributed by atoms with Crippen LogP contribution in [0.25, 0.3) is 0 Å². The van der Waals surface area contributed by atoms with Crippen LogP contribution in [0.4, 0.5) is 0 Å². The van der Waals surface area contributed by atoms with Crippen molar-refractivity contribution >= 4 is 15.1 Å². The molecule has 0 N–H and O–H groups in total. The minimum atomic E-state index is -0.397. The van der Waals surface area contributed by atoms with E-state index in [0.29, 0.717) is 6.42 Å². The lowest BCUT2D eigenvalue weighted by Crippen LogP contribution is -2.24. The Hall–Kier alpha value is -1.21. The third-order valence-electron chi connectivity index (χ3n) is 1.61. The molecule has 1 unspecified atom stereocenters. The lowest BCUT2D eigenvalue weighted by atomic mass is 10.1. The summed E-state index contributed by atoms with van der Waals surface area (Å²) in [6.45, 7) is 5.61. The van der Waals surface area contributed by atoms with Gasteiger partial charge in [-0.2, -0.15) is 0 Å². The highest BCUT2D eigenvalue weighted by Gasteiger charge is 2.15. The number of rotatable bonds is 2. The Kier molecular flexibility index (Phi) is 6.59. The van der Waals surface area contributed by atoms with E-state index in [1.54, 1.807) is 0 Å². The van der Waals surface area contributed by atoms with Gasteiger partial charge < -0.3 is 4.74 Å². The van der Waals surface area contributed by atoms with Crippen molar-refractivity contribution in [1.29, 1.82) is 0 Å². The van der Waals surface area contributed by atoms with Crippen LogP contribution < -0.4 is 0 Å². The molecule has 3 nitrogen and oxygen atoms in total. The van der Waals surface area contributed by atoms with E-state index in [0.717, 1.165) is 5.56 Å². The average molecular weight is 241 g/mol. The fourth-order valence-electron chi connectivity index (χ4n) is 1.14. The first kappa shape index (κ1) is 14.8. The minimum absolute atomic E-state index is 0.177. The molecule has 0 saturated heterocycles. The molecule has 0 radical (unpaired) electrons. The molecule has 0 saturated carbocycles. The van der Waals surface area contributed by atoms with Crippen LogP contribution in [0.1, 0.15) is 26.3 Å². The molecule has 1 aromatic carbocycles. The molecule has 4 heteroatoms. The molecule has 0 aliphatic carbocycles. The Morgan fingerprint density at radius 3 is 2.12 bits per heavy atom. The summed E-state index contributed by atoms with van der Waals surface area (Å²) >= 11 is 0. The predicted octanol–water partition coefficient (Wildman–Crippen LogP) is 2.78. The van der Waals surface area contributed by atoms with E-state index in [4.69, 9.17) is 9.30 Å². The van der Waals surface area contributed by atoms with E-state index in [1.807, 2.05) is 51.1 Å². The summed E-state index contributed by atoms with van der Waals surface area (Å²) in [5, 5.41) is 0. The number of benzene rings is 1. The first-order valence-electron chi connectivity index (χ1n) is 4.97. The molecular weight excluding hydrogens is 223 g/mol. The molecule has 0 heterocycles. The molecular formula is C12H18O3P+. The monoisotopic (exact) mass is 241 g/mol. The Labute approximate surface area is 98.4 Å². The fourth-order valence-corrected chi connectivity index (χ4v) is 1.14. The van der Waals surface area contributed by atoms with Crippen molar-refractivity contribution in [2.24, 2.45) is 0 Å². The summed E-state index contributed by atoms with van der Waals surface area (Å²) in [7, 11) is 1.17. The maximum atomic E-state index is 11.4. The third-order valence-corrected chi connectivity index (χ3v) is 1.61. The van der Waals surface area contributed by atoms with Crippen molar-refractivity contribution in [3.63, 3.8) is 0 Å². The second-order valence-electron chi connectivity index (χ2n) is 4.25. The zero-order valence-corrected chi connectivity index (χ0v) is 11.1. The van der Waals surface area contributed by atoms with Crippen LogP contribution in [0.15, 0.2) is 30.3 Å². The molecule has 0 aliphatic heterocycles. The van der Waals surface area contributed by atoms with Gasteiger partial charge >= 0.3 is 15.1 Å². The number of carbonyl (C=O) groups excluding carboxylic acids is 1. The highest BCUT2D eigenvalue weighted by Crippen LogP contribution is 2.09. The van der Waals surface area contributed by atoms with Crippen molar-refractivity contribution in [2.45, 2.75) is 32.8 Å². The number of ether oxygens (including phenoxy) is 1. The van der Waals surface area contributed by atoms with Crippen LogP contribution in [0.5, 0.6) is 0 Å². The van der Waals surface area contributed by atoms with Gasteiger partial charge in [0.05, 0.1) is 6.42 Å². The van der Waals surface area contributed by atoms with Crippen molar-refractivity contribution in [2.75, 3.05) is 0 Å². The number of hydrogen-bond donors (Lipinski definition) is 0.